The third-order valence-corrected chi connectivity index (χ3v) is 5.19. The van der Waals surface area contributed by atoms with Gasteiger partial charge < -0.3 is 14.4 Å². The van der Waals surface area contributed by atoms with E-state index < -0.39 is 6.10 Å². The number of amides is 1. The molecule has 5 nitrogen and oxygen atoms in total. The minimum Gasteiger partial charge on any atom is -0.467 e. The maximum atomic E-state index is 11.8. The summed E-state index contributed by atoms with van der Waals surface area (Å²) >= 11 is 0. The molecule has 2 atom stereocenters. The summed E-state index contributed by atoms with van der Waals surface area (Å²) in [4.78, 5) is 16.3. The molecule has 0 radical (unpaired) electrons. The second-order valence-electron chi connectivity index (χ2n) is 6.79. The maximum absolute atomic E-state index is 11.8. The minimum atomic E-state index is -0.538. The number of aliphatic hydroxyl groups excluding tert-OH is 1. The van der Waals surface area contributed by atoms with Gasteiger partial charge in [0, 0.05) is 32.1 Å². The van der Waals surface area contributed by atoms with Crippen molar-refractivity contribution in [3.8, 4) is 0 Å². The van der Waals surface area contributed by atoms with Gasteiger partial charge in [-0.25, -0.2) is 0 Å². The quantitative estimate of drug-likeness (QED) is 0.875. The van der Waals surface area contributed by atoms with Crippen LogP contribution in [0.3, 0.4) is 0 Å². The Hall–Kier alpha value is -1.33. The molecule has 2 aliphatic heterocycles. The first kappa shape index (κ1) is 16.5. The fourth-order valence-electron chi connectivity index (χ4n) is 3.84. The SMILES string of the molecule is O=C1CCCN1CCN1CCCCCC1CC(O)c1ccco1. The summed E-state index contributed by atoms with van der Waals surface area (Å²) < 4.78 is 5.34. The molecule has 2 aliphatic rings. The molecule has 1 aromatic heterocycles. The lowest BCUT2D eigenvalue weighted by Gasteiger charge is -2.32. The van der Waals surface area contributed by atoms with Crippen LogP contribution in [0.25, 0.3) is 0 Å². The van der Waals surface area contributed by atoms with Crippen molar-refractivity contribution < 1.29 is 14.3 Å². The molecule has 0 aromatic carbocycles. The molecule has 1 aromatic rings. The Morgan fingerprint density at radius 2 is 2.13 bits per heavy atom. The predicted molar refractivity (Wildman–Crippen MR) is 87.9 cm³/mol. The van der Waals surface area contributed by atoms with Gasteiger partial charge in [0.1, 0.15) is 11.9 Å². The van der Waals surface area contributed by atoms with Crippen LogP contribution < -0.4 is 0 Å². The van der Waals surface area contributed by atoms with E-state index in [2.05, 4.69) is 4.90 Å². The molecule has 0 saturated carbocycles. The zero-order valence-corrected chi connectivity index (χ0v) is 13.8. The number of hydrogen-bond donors (Lipinski definition) is 1. The minimum absolute atomic E-state index is 0.298. The highest BCUT2D eigenvalue weighted by Crippen LogP contribution is 2.26. The van der Waals surface area contributed by atoms with Crippen LogP contribution in [0.5, 0.6) is 0 Å². The molecule has 2 unspecified atom stereocenters. The largest absolute Gasteiger partial charge is 0.467 e. The number of carbonyl (C=O) groups is 1. The summed E-state index contributed by atoms with van der Waals surface area (Å²) in [7, 11) is 0. The van der Waals surface area contributed by atoms with Gasteiger partial charge in [-0.05, 0) is 44.4 Å². The second-order valence-corrected chi connectivity index (χ2v) is 6.79. The van der Waals surface area contributed by atoms with Gasteiger partial charge in [-0.1, -0.05) is 12.8 Å². The Labute approximate surface area is 138 Å². The fourth-order valence-corrected chi connectivity index (χ4v) is 3.84. The van der Waals surface area contributed by atoms with Gasteiger partial charge in [-0.2, -0.15) is 0 Å². The number of rotatable bonds is 6. The van der Waals surface area contributed by atoms with Crippen LogP contribution in [-0.4, -0.2) is 53.0 Å². The van der Waals surface area contributed by atoms with Crippen molar-refractivity contribution in [2.45, 2.75) is 57.1 Å². The lowest BCUT2D eigenvalue weighted by Crippen LogP contribution is -2.42. The Morgan fingerprint density at radius 1 is 1.22 bits per heavy atom. The Bertz CT molecular complexity index is 488. The molecule has 23 heavy (non-hydrogen) atoms. The van der Waals surface area contributed by atoms with E-state index in [9.17, 15) is 9.90 Å². The monoisotopic (exact) mass is 320 g/mol. The summed E-state index contributed by atoms with van der Waals surface area (Å²) in [6.07, 6.45) is 8.29. The van der Waals surface area contributed by atoms with Crippen LogP contribution in [0, 0.1) is 0 Å². The lowest BCUT2D eigenvalue weighted by atomic mass is 10.0. The van der Waals surface area contributed by atoms with E-state index in [1.165, 1.54) is 19.3 Å². The van der Waals surface area contributed by atoms with Crippen LogP contribution in [0.15, 0.2) is 22.8 Å². The van der Waals surface area contributed by atoms with E-state index in [4.69, 9.17) is 4.42 Å². The van der Waals surface area contributed by atoms with Gasteiger partial charge in [-0.15, -0.1) is 0 Å². The van der Waals surface area contributed by atoms with Crippen molar-refractivity contribution in [3.05, 3.63) is 24.2 Å². The number of carbonyl (C=O) groups excluding carboxylic acids is 1. The summed E-state index contributed by atoms with van der Waals surface area (Å²) in [5.41, 5.74) is 0. The van der Waals surface area contributed by atoms with Crippen LogP contribution in [0.1, 0.15) is 56.8 Å². The van der Waals surface area contributed by atoms with Crippen molar-refractivity contribution >= 4 is 5.91 Å². The van der Waals surface area contributed by atoms with E-state index in [0.29, 0.717) is 30.6 Å². The highest BCUT2D eigenvalue weighted by molar-refractivity contribution is 5.78. The van der Waals surface area contributed by atoms with Gasteiger partial charge >= 0.3 is 0 Å². The molecule has 2 fully saturated rings. The number of furan rings is 1. The summed E-state index contributed by atoms with van der Waals surface area (Å²) in [6, 6.07) is 4.03. The molecule has 1 N–H and O–H groups in total. The molecule has 1 amide bonds. The van der Waals surface area contributed by atoms with Crippen molar-refractivity contribution in [2.24, 2.45) is 0 Å². The smallest absolute Gasteiger partial charge is 0.222 e. The van der Waals surface area contributed by atoms with E-state index in [1.807, 2.05) is 17.0 Å². The van der Waals surface area contributed by atoms with Crippen LogP contribution >= 0.6 is 0 Å². The van der Waals surface area contributed by atoms with Gasteiger partial charge in [0.15, 0.2) is 0 Å². The Morgan fingerprint density at radius 3 is 2.87 bits per heavy atom. The maximum Gasteiger partial charge on any atom is 0.222 e. The van der Waals surface area contributed by atoms with Crippen molar-refractivity contribution in [1.29, 1.82) is 0 Å². The Kier molecular flexibility index (Phi) is 5.73. The fraction of sp³-hybridized carbons (Fsp3) is 0.722. The first-order valence-electron chi connectivity index (χ1n) is 8.97. The predicted octanol–water partition coefficient (Wildman–Crippen LogP) is 2.57. The first-order chi connectivity index (χ1) is 11.2. The molecule has 0 bridgehead atoms. The third kappa shape index (κ3) is 4.36. The normalized spacial score (nSPS) is 24.8. The van der Waals surface area contributed by atoms with Gasteiger partial charge in [0.2, 0.25) is 5.91 Å². The van der Waals surface area contributed by atoms with E-state index in [-0.39, 0.29) is 0 Å². The van der Waals surface area contributed by atoms with Gasteiger partial charge in [0.05, 0.1) is 6.26 Å². The standard InChI is InChI=1S/C18H28N2O3/c21-16(17-7-5-13-23-17)14-15-6-2-1-3-9-19(15)11-12-20-10-4-8-18(20)22/h5,7,13,15-16,21H,1-4,6,8-12,14H2. The summed E-state index contributed by atoms with van der Waals surface area (Å²) in [5, 5.41) is 10.4. The van der Waals surface area contributed by atoms with Crippen molar-refractivity contribution in [2.75, 3.05) is 26.2 Å². The molecule has 3 rings (SSSR count). The topological polar surface area (TPSA) is 56.9 Å². The molecule has 5 heteroatoms. The van der Waals surface area contributed by atoms with Crippen LogP contribution in [0.2, 0.25) is 0 Å². The average Bonchev–Trinajstić information content (AvgIpc) is 3.16. The third-order valence-electron chi connectivity index (χ3n) is 5.19. The number of aliphatic hydroxyl groups is 1. The number of likely N-dealkylation sites (tertiary alicyclic amines) is 2. The Balaban J connectivity index is 1.57. The van der Waals surface area contributed by atoms with E-state index >= 15 is 0 Å². The van der Waals surface area contributed by atoms with E-state index in [0.717, 1.165) is 39.0 Å². The molecular weight excluding hydrogens is 292 g/mol. The zero-order valence-electron chi connectivity index (χ0n) is 13.8. The lowest BCUT2D eigenvalue weighted by molar-refractivity contribution is -0.127. The second kappa shape index (κ2) is 7.97. The summed E-state index contributed by atoms with van der Waals surface area (Å²) in [6.45, 7) is 3.72. The van der Waals surface area contributed by atoms with E-state index in [1.54, 1.807) is 6.26 Å². The van der Waals surface area contributed by atoms with Crippen LogP contribution in [0.4, 0.5) is 0 Å². The molecular formula is C18H28N2O3. The highest BCUT2D eigenvalue weighted by Gasteiger charge is 2.27. The van der Waals surface area contributed by atoms with Gasteiger partial charge in [-0.3, -0.25) is 9.69 Å². The molecule has 3 heterocycles. The molecule has 2 saturated heterocycles. The average molecular weight is 320 g/mol. The number of nitrogens with zero attached hydrogens (tertiary/aromatic N) is 2. The summed E-state index contributed by atoms with van der Waals surface area (Å²) in [5.74, 6) is 0.955. The van der Waals surface area contributed by atoms with Crippen LogP contribution in [-0.2, 0) is 4.79 Å². The molecule has 0 spiro atoms. The molecule has 128 valence electrons. The van der Waals surface area contributed by atoms with Crippen molar-refractivity contribution in [1.82, 2.24) is 9.80 Å². The zero-order chi connectivity index (χ0) is 16.1. The molecule has 0 aliphatic carbocycles. The van der Waals surface area contributed by atoms with Crippen molar-refractivity contribution in [3.63, 3.8) is 0 Å². The first-order valence-corrected chi connectivity index (χ1v) is 8.97. The highest BCUT2D eigenvalue weighted by atomic mass is 16.4. The van der Waals surface area contributed by atoms with Gasteiger partial charge in [0.25, 0.3) is 0 Å². The number of hydrogen-bond acceptors (Lipinski definition) is 4.